The van der Waals surface area contributed by atoms with Crippen LogP contribution in [0.5, 0.6) is 0 Å². The normalized spacial score (nSPS) is 11.3. The second kappa shape index (κ2) is 8.94. The molecular formula is C25H28N2O3S. The molecule has 3 rings (SSSR count). The van der Waals surface area contributed by atoms with Crippen molar-refractivity contribution in [3.63, 3.8) is 0 Å². The standard InChI is InChI=1S/C25H28N2O3S/c1-17-11-18(2)15-22(14-17)27(31(29,30)23-9-7-6-8-10-23)16-24(28)26-25-20(4)12-19(3)13-21(25)5/h6-15H,16H2,1-5H3,(H,26,28). The lowest BCUT2D eigenvalue weighted by atomic mass is 10.1. The van der Waals surface area contributed by atoms with Crippen LogP contribution >= 0.6 is 0 Å². The fourth-order valence-electron chi connectivity index (χ4n) is 3.82. The molecule has 0 fully saturated rings. The molecule has 0 radical (unpaired) electrons. The van der Waals surface area contributed by atoms with E-state index in [-0.39, 0.29) is 11.4 Å². The highest BCUT2D eigenvalue weighted by Gasteiger charge is 2.27. The molecule has 1 N–H and O–H groups in total. The number of amides is 1. The van der Waals surface area contributed by atoms with Gasteiger partial charge in [-0.25, -0.2) is 8.42 Å². The molecular weight excluding hydrogens is 408 g/mol. The summed E-state index contributed by atoms with van der Waals surface area (Å²) in [5.41, 5.74) is 6.02. The summed E-state index contributed by atoms with van der Waals surface area (Å²) in [6.07, 6.45) is 0. The molecule has 0 atom stereocenters. The predicted molar refractivity (Wildman–Crippen MR) is 126 cm³/mol. The minimum Gasteiger partial charge on any atom is -0.324 e. The summed E-state index contributed by atoms with van der Waals surface area (Å²) in [5.74, 6) is -0.395. The summed E-state index contributed by atoms with van der Waals surface area (Å²) in [5, 5.41) is 2.91. The highest BCUT2D eigenvalue weighted by Crippen LogP contribution is 2.27. The van der Waals surface area contributed by atoms with Crippen LogP contribution in [0.3, 0.4) is 0 Å². The Kier molecular flexibility index (Phi) is 6.51. The molecule has 0 bridgehead atoms. The predicted octanol–water partition coefficient (Wildman–Crippen LogP) is 5.06. The van der Waals surface area contributed by atoms with Crippen molar-refractivity contribution in [1.29, 1.82) is 0 Å². The number of carbonyl (C=O) groups excluding carboxylic acids is 1. The highest BCUT2D eigenvalue weighted by atomic mass is 32.2. The Bertz CT molecular complexity index is 1180. The number of aryl methyl sites for hydroxylation is 5. The SMILES string of the molecule is Cc1cc(C)cc(N(CC(=O)Nc2c(C)cc(C)cc2C)S(=O)(=O)c2ccccc2)c1. The molecule has 3 aromatic rings. The zero-order chi connectivity index (χ0) is 22.8. The van der Waals surface area contributed by atoms with Gasteiger partial charge in [-0.1, -0.05) is 42.0 Å². The van der Waals surface area contributed by atoms with Crippen LogP contribution in [0.4, 0.5) is 11.4 Å². The van der Waals surface area contributed by atoms with E-state index in [4.69, 9.17) is 0 Å². The maximum Gasteiger partial charge on any atom is 0.264 e. The van der Waals surface area contributed by atoms with Gasteiger partial charge in [0.1, 0.15) is 6.54 Å². The zero-order valence-electron chi connectivity index (χ0n) is 18.6. The van der Waals surface area contributed by atoms with Crippen molar-refractivity contribution in [3.05, 3.63) is 88.5 Å². The number of sulfonamides is 1. The number of carbonyl (C=O) groups is 1. The molecule has 0 saturated heterocycles. The summed E-state index contributed by atoms with van der Waals surface area (Å²) < 4.78 is 28.1. The molecule has 0 heterocycles. The molecule has 5 nitrogen and oxygen atoms in total. The van der Waals surface area contributed by atoms with Gasteiger partial charge in [0.05, 0.1) is 10.6 Å². The van der Waals surface area contributed by atoms with Crippen LogP contribution in [0.1, 0.15) is 27.8 Å². The lowest BCUT2D eigenvalue weighted by molar-refractivity contribution is -0.114. The first-order chi connectivity index (χ1) is 14.6. The molecule has 31 heavy (non-hydrogen) atoms. The maximum absolute atomic E-state index is 13.5. The Balaban J connectivity index is 2.00. The number of rotatable bonds is 6. The van der Waals surface area contributed by atoms with Crippen LogP contribution in [0.15, 0.2) is 65.6 Å². The Labute approximate surface area is 184 Å². The first-order valence-corrected chi connectivity index (χ1v) is 11.6. The van der Waals surface area contributed by atoms with Crippen LogP contribution in [0, 0.1) is 34.6 Å². The van der Waals surface area contributed by atoms with Gasteiger partial charge in [0.2, 0.25) is 5.91 Å². The number of benzene rings is 3. The summed E-state index contributed by atoms with van der Waals surface area (Å²) >= 11 is 0. The van der Waals surface area contributed by atoms with Gasteiger partial charge < -0.3 is 5.32 Å². The summed E-state index contributed by atoms with van der Waals surface area (Å²) in [6.45, 7) is 9.34. The minimum absolute atomic E-state index is 0.143. The van der Waals surface area contributed by atoms with E-state index >= 15 is 0 Å². The second-order valence-corrected chi connectivity index (χ2v) is 9.85. The van der Waals surface area contributed by atoms with Crippen molar-refractivity contribution in [2.24, 2.45) is 0 Å². The molecule has 162 valence electrons. The number of hydrogen-bond donors (Lipinski definition) is 1. The van der Waals surface area contributed by atoms with E-state index in [1.54, 1.807) is 30.3 Å². The summed E-state index contributed by atoms with van der Waals surface area (Å²) in [4.78, 5) is 13.2. The number of anilines is 2. The van der Waals surface area contributed by atoms with Gasteiger partial charge in [0.15, 0.2) is 0 Å². The van der Waals surface area contributed by atoms with E-state index in [1.165, 1.54) is 16.4 Å². The Morgan fingerprint density at radius 1 is 0.806 bits per heavy atom. The first kappa shape index (κ1) is 22.6. The average molecular weight is 437 g/mol. The van der Waals surface area contributed by atoms with Crippen molar-refractivity contribution < 1.29 is 13.2 Å². The van der Waals surface area contributed by atoms with Gasteiger partial charge in [-0.05, 0) is 81.1 Å². The van der Waals surface area contributed by atoms with E-state index in [0.717, 1.165) is 27.8 Å². The van der Waals surface area contributed by atoms with Crippen molar-refractivity contribution in [3.8, 4) is 0 Å². The van der Waals surface area contributed by atoms with Crippen LogP contribution in [-0.2, 0) is 14.8 Å². The average Bonchev–Trinajstić information content (AvgIpc) is 2.68. The van der Waals surface area contributed by atoms with Gasteiger partial charge in [-0.3, -0.25) is 9.10 Å². The second-order valence-electron chi connectivity index (χ2n) is 7.99. The Morgan fingerprint density at radius 2 is 1.32 bits per heavy atom. The largest absolute Gasteiger partial charge is 0.324 e. The molecule has 3 aromatic carbocycles. The zero-order valence-corrected chi connectivity index (χ0v) is 19.4. The maximum atomic E-state index is 13.5. The van der Waals surface area contributed by atoms with Gasteiger partial charge in [-0.2, -0.15) is 0 Å². The smallest absolute Gasteiger partial charge is 0.264 e. The van der Waals surface area contributed by atoms with Gasteiger partial charge in [0, 0.05) is 5.69 Å². The van der Waals surface area contributed by atoms with E-state index in [9.17, 15) is 13.2 Å². The lowest BCUT2D eigenvalue weighted by Gasteiger charge is -2.25. The van der Waals surface area contributed by atoms with Gasteiger partial charge in [-0.15, -0.1) is 0 Å². The van der Waals surface area contributed by atoms with Gasteiger partial charge >= 0.3 is 0 Å². The highest BCUT2D eigenvalue weighted by molar-refractivity contribution is 7.92. The van der Waals surface area contributed by atoms with Gasteiger partial charge in [0.25, 0.3) is 10.0 Å². The van der Waals surface area contributed by atoms with E-state index in [0.29, 0.717) is 11.4 Å². The van der Waals surface area contributed by atoms with Crippen LogP contribution in [0.25, 0.3) is 0 Å². The van der Waals surface area contributed by atoms with Crippen LogP contribution in [0.2, 0.25) is 0 Å². The summed E-state index contributed by atoms with van der Waals surface area (Å²) in [6, 6.07) is 17.7. The van der Waals surface area contributed by atoms with Crippen LogP contribution in [-0.4, -0.2) is 20.9 Å². The van der Waals surface area contributed by atoms with Crippen molar-refractivity contribution in [2.45, 2.75) is 39.5 Å². The minimum atomic E-state index is -3.93. The van der Waals surface area contributed by atoms with Crippen molar-refractivity contribution in [1.82, 2.24) is 0 Å². The number of nitrogens with zero attached hydrogens (tertiary/aromatic N) is 1. The van der Waals surface area contributed by atoms with E-state index in [2.05, 4.69) is 5.32 Å². The third-order valence-electron chi connectivity index (χ3n) is 5.05. The third kappa shape index (κ3) is 5.14. The fraction of sp³-hybridized carbons (Fsp3) is 0.240. The molecule has 0 aliphatic rings. The topological polar surface area (TPSA) is 66.5 Å². The number of hydrogen-bond acceptors (Lipinski definition) is 3. The van der Waals surface area contributed by atoms with E-state index in [1.807, 2.05) is 52.8 Å². The molecule has 0 unspecified atom stereocenters. The van der Waals surface area contributed by atoms with E-state index < -0.39 is 15.9 Å². The molecule has 0 aromatic heterocycles. The monoisotopic (exact) mass is 436 g/mol. The Hall–Kier alpha value is -3.12. The lowest BCUT2D eigenvalue weighted by Crippen LogP contribution is -2.38. The van der Waals surface area contributed by atoms with Crippen LogP contribution < -0.4 is 9.62 Å². The fourth-order valence-corrected chi connectivity index (χ4v) is 5.24. The Morgan fingerprint density at radius 3 is 1.87 bits per heavy atom. The third-order valence-corrected chi connectivity index (χ3v) is 6.84. The summed E-state index contributed by atoms with van der Waals surface area (Å²) in [7, 11) is -3.93. The van der Waals surface area contributed by atoms with Crippen molar-refractivity contribution in [2.75, 3.05) is 16.2 Å². The molecule has 0 spiro atoms. The quantitative estimate of drug-likeness (QED) is 0.587. The molecule has 0 aliphatic carbocycles. The number of nitrogens with one attached hydrogen (secondary N) is 1. The van der Waals surface area contributed by atoms with Crippen molar-refractivity contribution >= 4 is 27.3 Å². The molecule has 1 amide bonds. The molecule has 0 saturated carbocycles. The molecule has 0 aliphatic heterocycles. The molecule has 6 heteroatoms. The first-order valence-electron chi connectivity index (χ1n) is 10.1.